The van der Waals surface area contributed by atoms with Crippen LogP contribution < -0.4 is 11.1 Å². The van der Waals surface area contributed by atoms with E-state index in [-0.39, 0.29) is 16.8 Å². The van der Waals surface area contributed by atoms with Gasteiger partial charge in [0.25, 0.3) is 0 Å². The van der Waals surface area contributed by atoms with Crippen LogP contribution in [-0.4, -0.2) is 12.5 Å². The van der Waals surface area contributed by atoms with Gasteiger partial charge in [-0.3, -0.25) is 4.79 Å². The summed E-state index contributed by atoms with van der Waals surface area (Å²) < 4.78 is 27.1. The maximum absolute atomic E-state index is 13.4. The third-order valence-electron chi connectivity index (χ3n) is 2.54. The van der Waals surface area contributed by atoms with Crippen molar-refractivity contribution in [3.8, 4) is 0 Å². The molecule has 0 aliphatic rings. The molecule has 0 radical (unpaired) electrons. The monoisotopic (exact) mass is 320 g/mol. The highest BCUT2D eigenvalue weighted by Gasteiger charge is 2.14. The summed E-state index contributed by atoms with van der Waals surface area (Å²) in [5, 5.41) is 2.23. The summed E-state index contributed by atoms with van der Waals surface area (Å²) in [6.45, 7) is 2.39. The number of anilines is 1. The molecule has 0 spiro atoms. The average Bonchev–Trinajstić information content (AvgIpc) is 2.30. The zero-order chi connectivity index (χ0) is 13.7. The predicted octanol–water partition coefficient (Wildman–Crippen LogP) is 3.04. The molecule has 0 heterocycles. The third kappa shape index (κ3) is 4.34. The van der Waals surface area contributed by atoms with Crippen molar-refractivity contribution >= 4 is 27.5 Å². The third-order valence-corrected chi connectivity index (χ3v) is 3.00. The first-order valence-corrected chi connectivity index (χ1v) is 6.37. The topological polar surface area (TPSA) is 55.1 Å². The molecule has 0 aliphatic heterocycles. The van der Waals surface area contributed by atoms with Crippen LogP contribution >= 0.6 is 15.9 Å². The van der Waals surface area contributed by atoms with Crippen molar-refractivity contribution in [2.45, 2.75) is 19.8 Å². The summed E-state index contributed by atoms with van der Waals surface area (Å²) in [4.78, 5) is 11.5. The number of rotatable bonds is 5. The van der Waals surface area contributed by atoms with Crippen molar-refractivity contribution < 1.29 is 13.6 Å². The minimum Gasteiger partial charge on any atom is -0.330 e. The van der Waals surface area contributed by atoms with E-state index in [9.17, 15) is 13.6 Å². The molecular weight excluding hydrogens is 306 g/mol. The molecule has 1 atom stereocenters. The number of nitrogens with two attached hydrogens (primary N) is 1. The molecule has 0 aliphatic carbocycles. The van der Waals surface area contributed by atoms with Crippen LogP contribution in [0.25, 0.3) is 0 Å². The van der Waals surface area contributed by atoms with E-state index in [0.29, 0.717) is 13.0 Å². The van der Waals surface area contributed by atoms with E-state index in [0.717, 1.165) is 12.1 Å². The number of hydrogen-bond acceptors (Lipinski definition) is 2. The molecule has 1 unspecified atom stereocenters. The van der Waals surface area contributed by atoms with E-state index >= 15 is 0 Å². The van der Waals surface area contributed by atoms with Crippen LogP contribution in [0.3, 0.4) is 0 Å². The maximum atomic E-state index is 13.4. The molecule has 0 bridgehead atoms. The molecule has 18 heavy (non-hydrogen) atoms. The van der Waals surface area contributed by atoms with Gasteiger partial charge in [-0.2, -0.15) is 0 Å². The number of carbonyl (C=O) groups excluding carboxylic acids is 1. The highest BCUT2D eigenvalue weighted by molar-refractivity contribution is 9.10. The molecule has 100 valence electrons. The molecular formula is C12H15BrF2N2O. The largest absolute Gasteiger partial charge is 0.330 e. The van der Waals surface area contributed by atoms with Crippen LogP contribution in [0.4, 0.5) is 14.5 Å². The van der Waals surface area contributed by atoms with Crippen LogP contribution in [0.2, 0.25) is 0 Å². The maximum Gasteiger partial charge on any atom is 0.224 e. The summed E-state index contributed by atoms with van der Waals surface area (Å²) in [6, 6.07) is 2.20. The predicted molar refractivity (Wildman–Crippen MR) is 70.1 cm³/mol. The standard InChI is InChI=1S/C12H15BrF2N2O/c1-7(6-16)2-3-11(18)17-12-9(14)4-8(13)5-10(12)15/h4-5,7H,2-3,6,16H2,1H3,(H,17,18). The van der Waals surface area contributed by atoms with Gasteiger partial charge in [0.1, 0.15) is 5.69 Å². The van der Waals surface area contributed by atoms with Gasteiger partial charge in [0, 0.05) is 10.9 Å². The Morgan fingerprint density at radius 1 is 1.44 bits per heavy atom. The van der Waals surface area contributed by atoms with Gasteiger partial charge in [-0.25, -0.2) is 8.78 Å². The number of amides is 1. The Labute approximate surface area is 113 Å². The molecule has 0 fully saturated rings. The normalized spacial score (nSPS) is 12.3. The fraction of sp³-hybridized carbons (Fsp3) is 0.417. The van der Waals surface area contributed by atoms with Crippen molar-refractivity contribution in [3.63, 3.8) is 0 Å². The quantitative estimate of drug-likeness (QED) is 0.876. The SMILES string of the molecule is CC(CN)CCC(=O)Nc1c(F)cc(Br)cc1F. The van der Waals surface area contributed by atoms with Gasteiger partial charge in [-0.05, 0) is 31.0 Å². The Bertz CT molecular complexity index is 417. The number of hydrogen-bond donors (Lipinski definition) is 2. The molecule has 0 saturated carbocycles. The van der Waals surface area contributed by atoms with Gasteiger partial charge >= 0.3 is 0 Å². The van der Waals surface area contributed by atoms with E-state index in [4.69, 9.17) is 5.73 Å². The van der Waals surface area contributed by atoms with E-state index in [1.54, 1.807) is 0 Å². The minimum atomic E-state index is -0.804. The fourth-order valence-electron chi connectivity index (χ4n) is 1.36. The fourth-order valence-corrected chi connectivity index (χ4v) is 1.76. The lowest BCUT2D eigenvalue weighted by Gasteiger charge is -2.10. The number of carbonyl (C=O) groups is 1. The molecule has 1 aromatic rings. The molecule has 1 rings (SSSR count). The molecule has 3 N–H and O–H groups in total. The van der Waals surface area contributed by atoms with Crippen molar-refractivity contribution in [3.05, 3.63) is 28.2 Å². The van der Waals surface area contributed by atoms with Crippen LogP contribution in [0, 0.1) is 17.6 Å². The Morgan fingerprint density at radius 3 is 2.50 bits per heavy atom. The summed E-state index contributed by atoms with van der Waals surface area (Å²) in [6.07, 6.45) is 0.773. The highest BCUT2D eigenvalue weighted by atomic mass is 79.9. The smallest absolute Gasteiger partial charge is 0.224 e. The Hall–Kier alpha value is -1.01. The molecule has 1 aromatic carbocycles. The van der Waals surface area contributed by atoms with Crippen molar-refractivity contribution in [1.82, 2.24) is 0 Å². The Morgan fingerprint density at radius 2 is 2.00 bits per heavy atom. The van der Waals surface area contributed by atoms with Gasteiger partial charge < -0.3 is 11.1 Å². The van der Waals surface area contributed by atoms with Crippen LogP contribution in [0.5, 0.6) is 0 Å². The van der Waals surface area contributed by atoms with Gasteiger partial charge in [-0.1, -0.05) is 22.9 Å². The Balaban J connectivity index is 2.65. The zero-order valence-electron chi connectivity index (χ0n) is 9.97. The van der Waals surface area contributed by atoms with Gasteiger partial charge in [-0.15, -0.1) is 0 Å². The minimum absolute atomic E-state index is 0.188. The summed E-state index contributed by atoms with van der Waals surface area (Å²) in [5.41, 5.74) is 5.01. The second-order valence-electron chi connectivity index (χ2n) is 4.17. The van der Waals surface area contributed by atoms with Crippen LogP contribution in [-0.2, 0) is 4.79 Å². The number of nitrogens with one attached hydrogen (secondary N) is 1. The Kier molecular flexibility index (Phi) is 5.68. The van der Waals surface area contributed by atoms with Crippen molar-refractivity contribution in [2.24, 2.45) is 11.7 Å². The zero-order valence-corrected chi connectivity index (χ0v) is 11.6. The lowest BCUT2D eigenvalue weighted by atomic mass is 10.1. The van der Waals surface area contributed by atoms with E-state index < -0.39 is 23.2 Å². The van der Waals surface area contributed by atoms with Gasteiger partial charge in [0.15, 0.2) is 11.6 Å². The summed E-state index contributed by atoms with van der Waals surface area (Å²) in [7, 11) is 0. The molecule has 3 nitrogen and oxygen atoms in total. The van der Waals surface area contributed by atoms with E-state index in [1.165, 1.54) is 0 Å². The lowest BCUT2D eigenvalue weighted by Crippen LogP contribution is -2.17. The molecule has 0 saturated heterocycles. The number of halogens is 3. The molecule has 1 amide bonds. The first-order chi connectivity index (χ1) is 8.43. The summed E-state index contributed by atoms with van der Waals surface area (Å²) in [5.74, 6) is -1.82. The highest BCUT2D eigenvalue weighted by Crippen LogP contribution is 2.24. The second-order valence-corrected chi connectivity index (χ2v) is 5.09. The molecule has 0 aromatic heterocycles. The van der Waals surface area contributed by atoms with Crippen molar-refractivity contribution in [2.75, 3.05) is 11.9 Å². The van der Waals surface area contributed by atoms with Gasteiger partial charge in [0.2, 0.25) is 5.91 Å². The summed E-state index contributed by atoms with van der Waals surface area (Å²) >= 11 is 2.97. The van der Waals surface area contributed by atoms with Crippen molar-refractivity contribution in [1.29, 1.82) is 0 Å². The number of benzene rings is 1. The van der Waals surface area contributed by atoms with Gasteiger partial charge in [0.05, 0.1) is 0 Å². The first kappa shape index (κ1) is 15.0. The average molecular weight is 321 g/mol. The lowest BCUT2D eigenvalue weighted by molar-refractivity contribution is -0.116. The van der Waals surface area contributed by atoms with Crippen LogP contribution in [0.15, 0.2) is 16.6 Å². The molecule has 6 heteroatoms. The van der Waals surface area contributed by atoms with E-state index in [2.05, 4.69) is 21.2 Å². The van der Waals surface area contributed by atoms with Crippen LogP contribution in [0.1, 0.15) is 19.8 Å². The van der Waals surface area contributed by atoms with E-state index in [1.807, 2.05) is 6.92 Å². The second kappa shape index (κ2) is 6.80. The first-order valence-electron chi connectivity index (χ1n) is 5.58.